The Morgan fingerprint density at radius 3 is 2.67 bits per heavy atom. The van der Waals surface area contributed by atoms with Gasteiger partial charge < -0.3 is 10.4 Å². The molecule has 6 heteroatoms. The Labute approximate surface area is 114 Å². The first-order valence-electron chi connectivity index (χ1n) is 5.70. The van der Waals surface area contributed by atoms with E-state index in [2.05, 4.69) is 21.2 Å². The molecule has 100 valence electrons. The first-order valence-corrected chi connectivity index (χ1v) is 6.50. The summed E-state index contributed by atoms with van der Waals surface area (Å²) in [6.07, 6.45) is 0.852. The van der Waals surface area contributed by atoms with Gasteiger partial charge in [-0.3, -0.25) is 10.1 Å². The summed E-state index contributed by atoms with van der Waals surface area (Å²) in [4.78, 5) is 10.2. The van der Waals surface area contributed by atoms with Crippen molar-refractivity contribution < 1.29 is 10.0 Å². The normalized spacial score (nSPS) is 14.0. The van der Waals surface area contributed by atoms with E-state index in [9.17, 15) is 15.2 Å². The molecule has 0 saturated carbocycles. The minimum atomic E-state index is -0.433. The number of aliphatic hydroxyl groups excluding tert-OH is 1. The van der Waals surface area contributed by atoms with E-state index in [1.54, 1.807) is 12.1 Å². The van der Waals surface area contributed by atoms with Gasteiger partial charge in [0.25, 0.3) is 5.69 Å². The van der Waals surface area contributed by atoms with Gasteiger partial charge >= 0.3 is 0 Å². The van der Waals surface area contributed by atoms with Crippen LogP contribution in [-0.2, 0) is 0 Å². The summed E-state index contributed by atoms with van der Waals surface area (Å²) >= 11 is 3.17. The van der Waals surface area contributed by atoms with Crippen LogP contribution >= 0.6 is 15.9 Å². The smallest absolute Gasteiger partial charge is 0.283 e. The molecule has 0 aromatic heterocycles. The molecule has 0 amide bonds. The molecule has 0 bridgehead atoms. The Morgan fingerprint density at radius 1 is 1.56 bits per heavy atom. The van der Waals surface area contributed by atoms with Crippen molar-refractivity contribution in [2.45, 2.75) is 20.3 Å². The lowest BCUT2D eigenvalue weighted by molar-refractivity contribution is -0.385. The monoisotopic (exact) mass is 316 g/mol. The van der Waals surface area contributed by atoms with E-state index in [1.165, 1.54) is 6.07 Å². The molecule has 2 N–H and O–H groups in total. The summed E-state index contributed by atoms with van der Waals surface area (Å²) < 4.78 is 0.444. The first kappa shape index (κ1) is 14.9. The van der Waals surface area contributed by atoms with Gasteiger partial charge in [-0.15, -0.1) is 0 Å². The van der Waals surface area contributed by atoms with Gasteiger partial charge in [0, 0.05) is 23.7 Å². The summed E-state index contributed by atoms with van der Waals surface area (Å²) in [5.74, 6) is 0. The third kappa shape index (κ3) is 3.68. The van der Waals surface area contributed by atoms with Gasteiger partial charge in [-0.25, -0.2) is 0 Å². The summed E-state index contributed by atoms with van der Waals surface area (Å²) in [6, 6.07) is 4.79. The maximum Gasteiger partial charge on any atom is 0.283 e. The molecule has 18 heavy (non-hydrogen) atoms. The van der Waals surface area contributed by atoms with Gasteiger partial charge in [0.2, 0.25) is 0 Å². The summed E-state index contributed by atoms with van der Waals surface area (Å²) in [5, 5.41) is 23.1. The van der Waals surface area contributed by atoms with E-state index in [0.717, 1.165) is 12.1 Å². The number of nitro benzene ring substituents is 1. The van der Waals surface area contributed by atoms with Gasteiger partial charge in [-0.05, 0) is 34.5 Å². The van der Waals surface area contributed by atoms with Gasteiger partial charge in [-0.2, -0.15) is 0 Å². The molecule has 1 aromatic carbocycles. The Kier molecular flexibility index (Phi) is 5.10. The minimum Gasteiger partial charge on any atom is -0.396 e. The number of halogens is 1. The second kappa shape index (κ2) is 6.15. The molecule has 1 unspecified atom stereocenters. The quantitative estimate of drug-likeness (QED) is 0.624. The van der Waals surface area contributed by atoms with Gasteiger partial charge in [0.05, 0.1) is 16.0 Å². The third-order valence-corrected chi connectivity index (χ3v) is 3.73. The summed E-state index contributed by atoms with van der Waals surface area (Å²) in [5.41, 5.74) is 0.649. The Hall–Kier alpha value is -1.14. The zero-order valence-corrected chi connectivity index (χ0v) is 12.0. The van der Waals surface area contributed by atoms with Crippen molar-refractivity contribution in [1.82, 2.24) is 0 Å². The van der Waals surface area contributed by atoms with Crippen molar-refractivity contribution in [3.05, 3.63) is 32.8 Å². The van der Waals surface area contributed by atoms with Crippen LogP contribution in [0.3, 0.4) is 0 Å². The van der Waals surface area contributed by atoms with Crippen LogP contribution in [0.25, 0.3) is 0 Å². The van der Waals surface area contributed by atoms with Crippen LogP contribution in [0.15, 0.2) is 22.7 Å². The van der Waals surface area contributed by atoms with E-state index in [1.807, 2.05) is 13.8 Å². The van der Waals surface area contributed by atoms with Crippen LogP contribution in [0, 0.1) is 15.5 Å². The van der Waals surface area contributed by atoms with E-state index in [4.69, 9.17) is 0 Å². The van der Waals surface area contributed by atoms with Crippen LogP contribution in [-0.4, -0.2) is 23.2 Å². The average molecular weight is 317 g/mol. The zero-order chi connectivity index (χ0) is 13.8. The van der Waals surface area contributed by atoms with Crippen molar-refractivity contribution in [2.24, 2.45) is 5.41 Å². The molecule has 0 aliphatic rings. The molecule has 1 aromatic rings. The molecule has 0 aliphatic carbocycles. The lowest BCUT2D eigenvalue weighted by atomic mass is 9.88. The number of benzene rings is 1. The standard InChI is InChI=1S/C12H17BrN2O3/c1-3-12(2,8-16)7-14-9-4-5-11(15(17)18)10(13)6-9/h4-6,14,16H,3,7-8H2,1-2H3. The van der Waals surface area contributed by atoms with Crippen LogP contribution < -0.4 is 5.32 Å². The van der Waals surface area contributed by atoms with Crippen molar-refractivity contribution in [3.8, 4) is 0 Å². The van der Waals surface area contributed by atoms with E-state index in [-0.39, 0.29) is 17.7 Å². The predicted molar refractivity (Wildman–Crippen MR) is 74.8 cm³/mol. The summed E-state index contributed by atoms with van der Waals surface area (Å²) in [7, 11) is 0. The van der Waals surface area contributed by atoms with Crippen LogP contribution in [0.5, 0.6) is 0 Å². The highest BCUT2D eigenvalue weighted by Crippen LogP contribution is 2.28. The Morgan fingerprint density at radius 2 is 2.22 bits per heavy atom. The number of nitrogens with zero attached hydrogens (tertiary/aromatic N) is 1. The zero-order valence-electron chi connectivity index (χ0n) is 10.4. The highest BCUT2D eigenvalue weighted by molar-refractivity contribution is 9.10. The molecule has 0 aliphatic heterocycles. The maximum absolute atomic E-state index is 10.7. The number of aliphatic hydroxyl groups is 1. The third-order valence-electron chi connectivity index (χ3n) is 3.10. The number of hydrogen-bond donors (Lipinski definition) is 2. The fraction of sp³-hybridized carbons (Fsp3) is 0.500. The molecule has 0 saturated heterocycles. The fourth-order valence-electron chi connectivity index (χ4n) is 1.37. The van der Waals surface area contributed by atoms with Crippen LogP contribution in [0.2, 0.25) is 0 Å². The predicted octanol–water partition coefficient (Wildman–Crippen LogP) is 3.18. The minimum absolute atomic E-state index is 0.0426. The number of nitro groups is 1. The molecule has 0 fully saturated rings. The molecule has 0 heterocycles. The van der Waals surface area contributed by atoms with Crippen molar-refractivity contribution in [1.29, 1.82) is 0 Å². The lowest BCUT2D eigenvalue weighted by Crippen LogP contribution is -2.29. The van der Waals surface area contributed by atoms with Gasteiger partial charge in [0.1, 0.15) is 0 Å². The van der Waals surface area contributed by atoms with Crippen molar-refractivity contribution >= 4 is 27.3 Å². The molecule has 5 nitrogen and oxygen atoms in total. The number of rotatable bonds is 6. The Balaban J connectivity index is 2.75. The highest BCUT2D eigenvalue weighted by atomic mass is 79.9. The van der Waals surface area contributed by atoms with Crippen molar-refractivity contribution in [3.63, 3.8) is 0 Å². The molecule has 0 spiro atoms. The number of hydrogen-bond acceptors (Lipinski definition) is 4. The van der Waals surface area contributed by atoms with Crippen LogP contribution in [0.1, 0.15) is 20.3 Å². The van der Waals surface area contributed by atoms with Gasteiger partial charge in [-0.1, -0.05) is 13.8 Å². The molecule has 1 rings (SSSR count). The van der Waals surface area contributed by atoms with E-state index in [0.29, 0.717) is 11.0 Å². The molecule has 1 atom stereocenters. The van der Waals surface area contributed by atoms with Crippen molar-refractivity contribution in [2.75, 3.05) is 18.5 Å². The molecular weight excluding hydrogens is 300 g/mol. The first-order chi connectivity index (χ1) is 8.41. The van der Waals surface area contributed by atoms with E-state index < -0.39 is 4.92 Å². The van der Waals surface area contributed by atoms with E-state index >= 15 is 0 Å². The highest BCUT2D eigenvalue weighted by Gasteiger charge is 2.21. The molecule has 0 radical (unpaired) electrons. The molecular formula is C12H17BrN2O3. The van der Waals surface area contributed by atoms with Gasteiger partial charge in [0.15, 0.2) is 0 Å². The SMILES string of the molecule is CCC(C)(CO)CNc1ccc([N+](=O)[O-])c(Br)c1. The summed E-state index contributed by atoms with van der Waals surface area (Å²) in [6.45, 7) is 4.72. The maximum atomic E-state index is 10.7. The Bertz CT molecular complexity index is 433. The second-order valence-corrected chi connectivity index (χ2v) is 5.45. The fourth-order valence-corrected chi connectivity index (χ4v) is 1.90. The average Bonchev–Trinajstić information content (AvgIpc) is 2.35. The topological polar surface area (TPSA) is 75.4 Å². The van der Waals surface area contributed by atoms with Crippen LogP contribution in [0.4, 0.5) is 11.4 Å². The lowest BCUT2D eigenvalue weighted by Gasteiger charge is -2.26. The number of nitrogens with one attached hydrogen (secondary N) is 1. The largest absolute Gasteiger partial charge is 0.396 e. The second-order valence-electron chi connectivity index (χ2n) is 4.60. The number of anilines is 1.